The van der Waals surface area contributed by atoms with Crippen LogP contribution in [0.5, 0.6) is 5.75 Å². The van der Waals surface area contributed by atoms with Gasteiger partial charge in [0.2, 0.25) is 0 Å². The van der Waals surface area contributed by atoms with E-state index in [-0.39, 0.29) is 11.3 Å². The molecule has 8 heteroatoms. The Morgan fingerprint density at radius 1 is 1.16 bits per heavy atom. The molecular formula is C24H19N3O4S. The molecular weight excluding hydrogens is 426 g/mol. The highest BCUT2D eigenvalue weighted by molar-refractivity contribution is 7.99. The van der Waals surface area contributed by atoms with Crippen LogP contribution in [0.4, 0.5) is 11.4 Å². The summed E-state index contributed by atoms with van der Waals surface area (Å²) in [7, 11) is 1.51. The monoisotopic (exact) mass is 445 g/mol. The average Bonchev–Trinajstić information content (AvgIpc) is 2.79. The van der Waals surface area contributed by atoms with E-state index in [1.54, 1.807) is 36.4 Å². The van der Waals surface area contributed by atoms with E-state index in [2.05, 4.69) is 5.32 Å². The second kappa shape index (κ2) is 10.3. The van der Waals surface area contributed by atoms with Crippen LogP contribution in [-0.4, -0.2) is 17.9 Å². The number of nitrogens with zero attached hydrogens (tertiary/aromatic N) is 2. The number of amides is 1. The number of nitro groups is 1. The molecule has 0 heterocycles. The summed E-state index contributed by atoms with van der Waals surface area (Å²) in [5, 5.41) is 23.7. The maximum absolute atomic E-state index is 12.5. The summed E-state index contributed by atoms with van der Waals surface area (Å²) in [4.78, 5) is 25.0. The number of nitriles is 1. The van der Waals surface area contributed by atoms with Crippen molar-refractivity contribution in [3.05, 3.63) is 93.5 Å². The Morgan fingerprint density at radius 2 is 1.91 bits per heavy atom. The maximum Gasteiger partial charge on any atom is 0.283 e. The smallest absolute Gasteiger partial charge is 0.283 e. The maximum atomic E-state index is 12.5. The Hall–Kier alpha value is -4.09. The Morgan fingerprint density at radius 3 is 2.56 bits per heavy atom. The van der Waals surface area contributed by atoms with Crippen LogP contribution in [0.25, 0.3) is 6.08 Å². The fraction of sp³-hybridized carbons (Fsp3) is 0.0833. The molecule has 0 aliphatic rings. The molecule has 32 heavy (non-hydrogen) atoms. The zero-order valence-electron chi connectivity index (χ0n) is 17.4. The van der Waals surface area contributed by atoms with Crippen molar-refractivity contribution in [2.45, 2.75) is 16.7 Å². The van der Waals surface area contributed by atoms with E-state index in [0.717, 1.165) is 10.5 Å². The number of anilines is 1. The van der Waals surface area contributed by atoms with Crippen LogP contribution in [-0.2, 0) is 4.79 Å². The summed E-state index contributed by atoms with van der Waals surface area (Å²) < 4.78 is 5.12. The van der Waals surface area contributed by atoms with Crippen molar-refractivity contribution >= 4 is 35.1 Å². The molecule has 0 spiro atoms. The Kier molecular flexibility index (Phi) is 7.26. The lowest BCUT2D eigenvalue weighted by molar-refractivity contribution is -0.387. The lowest BCUT2D eigenvalue weighted by Crippen LogP contribution is -2.13. The summed E-state index contributed by atoms with van der Waals surface area (Å²) in [6.07, 6.45) is 1.32. The number of carbonyl (C=O) groups is 1. The molecule has 1 N–H and O–H groups in total. The van der Waals surface area contributed by atoms with E-state index in [0.29, 0.717) is 21.9 Å². The van der Waals surface area contributed by atoms with Crippen LogP contribution < -0.4 is 10.1 Å². The Balaban J connectivity index is 1.85. The van der Waals surface area contributed by atoms with E-state index >= 15 is 0 Å². The first-order valence-corrected chi connectivity index (χ1v) is 10.3. The molecule has 0 fully saturated rings. The second-order valence-electron chi connectivity index (χ2n) is 6.76. The molecule has 0 saturated heterocycles. The molecule has 0 aliphatic heterocycles. The van der Waals surface area contributed by atoms with Gasteiger partial charge in [-0.1, -0.05) is 41.6 Å². The third-order valence-electron chi connectivity index (χ3n) is 4.43. The normalized spacial score (nSPS) is 10.8. The number of aryl methyl sites for hydroxylation is 1. The molecule has 160 valence electrons. The van der Waals surface area contributed by atoms with E-state index < -0.39 is 10.8 Å². The fourth-order valence-electron chi connectivity index (χ4n) is 2.80. The molecule has 0 bridgehead atoms. The zero-order valence-corrected chi connectivity index (χ0v) is 18.2. The third-order valence-corrected chi connectivity index (χ3v) is 5.51. The largest absolute Gasteiger partial charge is 0.497 e. The van der Waals surface area contributed by atoms with Gasteiger partial charge in [0, 0.05) is 22.7 Å². The van der Waals surface area contributed by atoms with Gasteiger partial charge in [-0.15, -0.1) is 0 Å². The number of ether oxygens (including phenoxy) is 1. The zero-order chi connectivity index (χ0) is 23.1. The molecule has 3 rings (SSSR count). The first kappa shape index (κ1) is 22.6. The number of carbonyl (C=O) groups excluding carboxylic acids is 1. The number of hydrogen-bond acceptors (Lipinski definition) is 6. The van der Waals surface area contributed by atoms with Crippen molar-refractivity contribution in [1.82, 2.24) is 0 Å². The molecule has 0 aliphatic carbocycles. The highest BCUT2D eigenvalue weighted by Gasteiger charge is 2.17. The molecule has 3 aromatic rings. The first-order chi connectivity index (χ1) is 15.4. The van der Waals surface area contributed by atoms with E-state index in [9.17, 15) is 20.2 Å². The number of benzene rings is 3. The van der Waals surface area contributed by atoms with E-state index in [1.165, 1.54) is 31.0 Å². The molecule has 3 aromatic carbocycles. The number of rotatable bonds is 7. The number of nitrogens with one attached hydrogen (secondary N) is 1. The molecule has 0 unspecified atom stereocenters. The highest BCUT2D eigenvalue weighted by atomic mass is 32.2. The number of nitro benzene ring substituents is 1. The van der Waals surface area contributed by atoms with Crippen molar-refractivity contribution in [2.24, 2.45) is 0 Å². The fourth-order valence-corrected chi connectivity index (χ4v) is 3.70. The Labute approximate surface area is 189 Å². The SMILES string of the molecule is COc1cccc(NC(=O)/C(C#N)=C/c2ccc(Sc3ccc(C)cc3)c([N+](=O)[O-])c2)c1. The average molecular weight is 446 g/mol. The van der Waals surface area contributed by atoms with Crippen LogP contribution in [0.1, 0.15) is 11.1 Å². The summed E-state index contributed by atoms with van der Waals surface area (Å²) in [6.45, 7) is 1.97. The molecule has 0 radical (unpaired) electrons. The van der Waals surface area contributed by atoms with Crippen LogP contribution in [0.2, 0.25) is 0 Å². The van der Waals surface area contributed by atoms with Gasteiger partial charge < -0.3 is 10.1 Å². The molecule has 0 atom stereocenters. The molecule has 0 saturated carbocycles. The van der Waals surface area contributed by atoms with Crippen molar-refractivity contribution < 1.29 is 14.5 Å². The van der Waals surface area contributed by atoms with Gasteiger partial charge in [0.15, 0.2) is 0 Å². The minimum Gasteiger partial charge on any atom is -0.497 e. The van der Waals surface area contributed by atoms with Crippen LogP contribution in [0, 0.1) is 28.4 Å². The van der Waals surface area contributed by atoms with E-state index in [1.807, 2.05) is 37.3 Å². The van der Waals surface area contributed by atoms with E-state index in [4.69, 9.17) is 4.74 Å². The highest BCUT2D eigenvalue weighted by Crippen LogP contribution is 2.35. The van der Waals surface area contributed by atoms with Crippen molar-refractivity contribution in [3.63, 3.8) is 0 Å². The summed E-state index contributed by atoms with van der Waals surface area (Å²) in [6, 6.07) is 20.8. The van der Waals surface area contributed by atoms with Crippen LogP contribution in [0.3, 0.4) is 0 Å². The van der Waals surface area contributed by atoms with Gasteiger partial charge in [-0.25, -0.2) is 0 Å². The predicted octanol–water partition coefficient (Wildman–Crippen LogP) is 5.61. The molecule has 0 aromatic heterocycles. The van der Waals surface area contributed by atoms with Gasteiger partial charge in [-0.2, -0.15) is 5.26 Å². The first-order valence-electron chi connectivity index (χ1n) is 9.50. The van der Waals surface area contributed by atoms with Crippen LogP contribution in [0.15, 0.2) is 82.1 Å². The third kappa shape index (κ3) is 5.74. The summed E-state index contributed by atoms with van der Waals surface area (Å²) in [5.74, 6) is -0.0657. The van der Waals surface area contributed by atoms with Crippen molar-refractivity contribution in [1.29, 1.82) is 5.26 Å². The topological polar surface area (TPSA) is 105 Å². The minimum absolute atomic E-state index is 0.102. The summed E-state index contributed by atoms with van der Waals surface area (Å²) in [5.41, 5.74) is 1.66. The molecule has 1 amide bonds. The predicted molar refractivity (Wildman–Crippen MR) is 124 cm³/mol. The number of hydrogen-bond donors (Lipinski definition) is 1. The quantitative estimate of drug-likeness (QED) is 0.219. The van der Waals surface area contributed by atoms with Gasteiger partial charge in [0.05, 0.1) is 16.9 Å². The van der Waals surface area contributed by atoms with Crippen LogP contribution >= 0.6 is 11.8 Å². The summed E-state index contributed by atoms with van der Waals surface area (Å²) >= 11 is 1.28. The van der Waals surface area contributed by atoms with Gasteiger partial charge in [0.1, 0.15) is 17.4 Å². The van der Waals surface area contributed by atoms with Crippen molar-refractivity contribution in [2.75, 3.05) is 12.4 Å². The standard InChI is InChI=1S/C24H19N3O4S/c1-16-6-9-21(10-7-16)32-23-11-8-17(13-22(23)27(29)30)12-18(15-25)24(28)26-19-4-3-5-20(14-19)31-2/h3-14H,1-2H3,(H,26,28)/b18-12+. The van der Waals surface area contributed by atoms with Gasteiger partial charge in [0.25, 0.3) is 11.6 Å². The molecule has 7 nitrogen and oxygen atoms in total. The number of methoxy groups -OCH3 is 1. The van der Waals surface area contributed by atoms with Crippen molar-refractivity contribution in [3.8, 4) is 11.8 Å². The lowest BCUT2D eigenvalue weighted by Gasteiger charge is -2.07. The minimum atomic E-state index is -0.624. The Bertz CT molecular complexity index is 1230. The van der Waals surface area contributed by atoms with Gasteiger partial charge in [-0.3, -0.25) is 14.9 Å². The second-order valence-corrected chi connectivity index (χ2v) is 7.87. The van der Waals surface area contributed by atoms with Gasteiger partial charge >= 0.3 is 0 Å². The lowest BCUT2D eigenvalue weighted by atomic mass is 10.1. The van der Waals surface area contributed by atoms with Gasteiger partial charge in [-0.05, 0) is 48.9 Å².